The van der Waals surface area contributed by atoms with E-state index < -0.39 is 5.60 Å². The Bertz CT molecular complexity index is 333. The van der Waals surface area contributed by atoms with Gasteiger partial charge < -0.3 is 10.1 Å². The first kappa shape index (κ1) is 12.6. The molecule has 0 unspecified atom stereocenters. The van der Waals surface area contributed by atoms with Crippen LogP contribution in [0.25, 0.3) is 0 Å². The molecule has 0 radical (unpaired) electrons. The van der Waals surface area contributed by atoms with Crippen molar-refractivity contribution in [1.29, 1.82) is 0 Å². The van der Waals surface area contributed by atoms with Crippen LogP contribution in [0.4, 0.5) is 0 Å². The molecule has 0 aliphatic carbocycles. The summed E-state index contributed by atoms with van der Waals surface area (Å²) >= 11 is 0. The molecule has 1 aromatic rings. The number of nitrogens with one attached hydrogen (secondary N) is 1. The van der Waals surface area contributed by atoms with Crippen LogP contribution >= 0.6 is 0 Å². The molecule has 0 aliphatic rings. The SMILES string of the molecule is CC(C)(C)OC(=O)CNCc1cncnc1. The Balaban J connectivity index is 2.24. The smallest absolute Gasteiger partial charge is 0.320 e. The number of carbonyl (C=O) groups is 1. The molecule has 0 spiro atoms. The van der Waals surface area contributed by atoms with E-state index in [2.05, 4.69) is 15.3 Å². The van der Waals surface area contributed by atoms with E-state index >= 15 is 0 Å². The Morgan fingerprint density at radius 2 is 2.00 bits per heavy atom. The molecule has 0 aromatic carbocycles. The maximum Gasteiger partial charge on any atom is 0.320 e. The summed E-state index contributed by atoms with van der Waals surface area (Å²) in [5.41, 5.74) is 0.500. The van der Waals surface area contributed by atoms with Gasteiger partial charge >= 0.3 is 5.97 Å². The first-order valence-corrected chi connectivity index (χ1v) is 5.14. The molecule has 0 bridgehead atoms. The zero-order valence-electron chi connectivity index (χ0n) is 9.86. The first-order chi connectivity index (χ1) is 7.47. The maximum atomic E-state index is 11.3. The van der Waals surface area contributed by atoms with Gasteiger partial charge in [0.1, 0.15) is 11.9 Å². The number of esters is 1. The van der Waals surface area contributed by atoms with Crippen molar-refractivity contribution in [3.63, 3.8) is 0 Å². The van der Waals surface area contributed by atoms with E-state index in [4.69, 9.17) is 4.74 Å². The van der Waals surface area contributed by atoms with E-state index in [9.17, 15) is 4.79 Å². The molecule has 5 nitrogen and oxygen atoms in total. The minimum Gasteiger partial charge on any atom is -0.459 e. The number of carbonyl (C=O) groups excluding carboxylic acids is 1. The highest BCUT2D eigenvalue weighted by molar-refractivity contribution is 5.72. The van der Waals surface area contributed by atoms with E-state index in [1.807, 2.05) is 20.8 Å². The molecule has 0 saturated heterocycles. The van der Waals surface area contributed by atoms with Crippen LogP contribution in [-0.4, -0.2) is 28.1 Å². The Hall–Kier alpha value is -1.49. The van der Waals surface area contributed by atoms with Crippen molar-refractivity contribution in [1.82, 2.24) is 15.3 Å². The Morgan fingerprint density at radius 1 is 1.38 bits per heavy atom. The molecule has 5 heteroatoms. The third-order valence-electron chi connectivity index (χ3n) is 1.63. The zero-order chi connectivity index (χ0) is 12.0. The van der Waals surface area contributed by atoms with Crippen LogP contribution in [0.5, 0.6) is 0 Å². The van der Waals surface area contributed by atoms with Crippen LogP contribution in [0.2, 0.25) is 0 Å². The fraction of sp³-hybridized carbons (Fsp3) is 0.545. The summed E-state index contributed by atoms with van der Waals surface area (Å²) in [7, 11) is 0. The van der Waals surface area contributed by atoms with Gasteiger partial charge in [0.2, 0.25) is 0 Å². The summed E-state index contributed by atoms with van der Waals surface area (Å²) in [5, 5.41) is 2.97. The van der Waals surface area contributed by atoms with E-state index in [0.717, 1.165) is 5.56 Å². The lowest BCUT2D eigenvalue weighted by atomic mass is 10.2. The summed E-state index contributed by atoms with van der Waals surface area (Å²) in [4.78, 5) is 19.1. The van der Waals surface area contributed by atoms with Gasteiger partial charge in [-0.05, 0) is 20.8 Å². The number of nitrogens with zero attached hydrogens (tertiary/aromatic N) is 2. The van der Waals surface area contributed by atoms with E-state index in [-0.39, 0.29) is 12.5 Å². The van der Waals surface area contributed by atoms with Crippen LogP contribution in [0.15, 0.2) is 18.7 Å². The third kappa shape index (κ3) is 5.41. The predicted octanol–water partition coefficient (Wildman–Crippen LogP) is 0.908. The highest BCUT2D eigenvalue weighted by Gasteiger charge is 2.15. The maximum absolute atomic E-state index is 11.3. The Kier molecular flexibility index (Phi) is 4.37. The molecule has 0 amide bonds. The largest absolute Gasteiger partial charge is 0.459 e. The van der Waals surface area contributed by atoms with E-state index in [1.165, 1.54) is 6.33 Å². The summed E-state index contributed by atoms with van der Waals surface area (Å²) in [6, 6.07) is 0. The van der Waals surface area contributed by atoms with Gasteiger partial charge in [-0.25, -0.2) is 9.97 Å². The average molecular weight is 223 g/mol. The lowest BCUT2D eigenvalue weighted by Gasteiger charge is -2.19. The highest BCUT2D eigenvalue weighted by Crippen LogP contribution is 2.06. The van der Waals surface area contributed by atoms with Crippen LogP contribution in [0.1, 0.15) is 26.3 Å². The molecule has 1 aromatic heterocycles. The number of hydrogen-bond donors (Lipinski definition) is 1. The molecule has 16 heavy (non-hydrogen) atoms. The van der Waals surface area contributed by atoms with Gasteiger partial charge in [-0.3, -0.25) is 4.79 Å². The van der Waals surface area contributed by atoms with E-state index in [0.29, 0.717) is 6.54 Å². The van der Waals surface area contributed by atoms with Gasteiger partial charge in [0.25, 0.3) is 0 Å². The molecule has 0 atom stereocenters. The summed E-state index contributed by atoms with van der Waals surface area (Å²) < 4.78 is 5.14. The topological polar surface area (TPSA) is 64.1 Å². The van der Waals surface area contributed by atoms with Crippen LogP contribution < -0.4 is 5.32 Å². The first-order valence-electron chi connectivity index (χ1n) is 5.14. The summed E-state index contributed by atoms with van der Waals surface area (Å²) in [6.07, 6.45) is 4.88. The fourth-order valence-corrected chi connectivity index (χ4v) is 1.11. The van der Waals surface area contributed by atoms with Crippen molar-refractivity contribution in [2.75, 3.05) is 6.54 Å². The second-order valence-electron chi connectivity index (χ2n) is 4.44. The van der Waals surface area contributed by atoms with Gasteiger partial charge in [-0.1, -0.05) is 0 Å². The van der Waals surface area contributed by atoms with E-state index in [1.54, 1.807) is 12.4 Å². The normalized spacial score (nSPS) is 11.2. The predicted molar refractivity (Wildman–Crippen MR) is 59.6 cm³/mol. The van der Waals surface area contributed by atoms with Crippen LogP contribution in [0.3, 0.4) is 0 Å². The highest BCUT2D eigenvalue weighted by atomic mass is 16.6. The van der Waals surface area contributed by atoms with Crippen molar-refractivity contribution in [3.05, 3.63) is 24.3 Å². The molecule has 88 valence electrons. The standard InChI is InChI=1S/C11H17N3O2/c1-11(2,3)16-10(15)7-12-4-9-5-13-8-14-6-9/h5-6,8,12H,4,7H2,1-3H3. The Labute approximate surface area is 95.3 Å². The fourth-order valence-electron chi connectivity index (χ4n) is 1.11. The molecule has 0 aliphatic heterocycles. The van der Waals surface area contributed by atoms with Gasteiger partial charge in [0.05, 0.1) is 6.54 Å². The van der Waals surface area contributed by atoms with Crippen molar-refractivity contribution in [3.8, 4) is 0 Å². The third-order valence-corrected chi connectivity index (χ3v) is 1.63. The molecule has 1 rings (SSSR count). The van der Waals surface area contributed by atoms with Crippen molar-refractivity contribution in [2.45, 2.75) is 32.9 Å². The average Bonchev–Trinajstić information content (AvgIpc) is 2.16. The summed E-state index contributed by atoms with van der Waals surface area (Å²) in [5.74, 6) is -0.260. The number of rotatable bonds is 4. The molecular formula is C11H17N3O2. The second-order valence-corrected chi connectivity index (χ2v) is 4.44. The number of hydrogen-bond acceptors (Lipinski definition) is 5. The van der Waals surface area contributed by atoms with Crippen LogP contribution in [-0.2, 0) is 16.1 Å². The molecular weight excluding hydrogens is 206 g/mol. The van der Waals surface area contributed by atoms with Crippen molar-refractivity contribution in [2.24, 2.45) is 0 Å². The monoisotopic (exact) mass is 223 g/mol. The molecule has 0 saturated carbocycles. The number of ether oxygens (including phenoxy) is 1. The van der Waals surface area contributed by atoms with Crippen LogP contribution in [0, 0.1) is 0 Å². The second kappa shape index (κ2) is 5.55. The molecule has 1 heterocycles. The van der Waals surface area contributed by atoms with Crippen molar-refractivity contribution < 1.29 is 9.53 Å². The lowest BCUT2D eigenvalue weighted by Crippen LogP contribution is -2.31. The molecule has 1 N–H and O–H groups in total. The van der Waals surface area contributed by atoms with Crippen molar-refractivity contribution >= 4 is 5.97 Å². The van der Waals surface area contributed by atoms with Gasteiger partial charge in [0.15, 0.2) is 0 Å². The zero-order valence-corrected chi connectivity index (χ0v) is 9.86. The lowest BCUT2D eigenvalue weighted by molar-refractivity contribution is -0.153. The Morgan fingerprint density at radius 3 is 2.56 bits per heavy atom. The van der Waals surface area contributed by atoms with Gasteiger partial charge in [-0.15, -0.1) is 0 Å². The summed E-state index contributed by atoms with van der Waals surface area (Å²) in [6.45, 7) is 6.27. The molecule has 0 fully saturated rings. The number of aromatic nitrogens is 2. The minimum atomic E-state index is -0.436. The minimum absolute atomic E-state index is 0.187. The van der Waals surface area contributed by atoms with Gasteiger partial charge in [0, 0.05) is 24.5 Å². The van der Waals surface area contributed by atoms with Gasteiger partial charge in [-0.2, -0.15) is 0 Å². The quantitative estimate of drug-likeness (QED) is 0.768.